The number of nitrogens with zero attached hydrogens (tertiary/aromatic N) is 2. The molecule has 2 heterocycles. The van der Waals surface area contributed by atoms with E-state index in [2.05, 4.69) is 9.97 Å². The summed E-state index contributed by atoms with van der Waals surface area (Å²) in [5, 5.41) is 9.58. The van der Waals surface area contributed by atoms with Crippen molar-refractivity contribution in [1.29, 1.82) is 0 Å². The zero-order chi connectivity index (χ0) is 18.7. The number of aliphatic hydroxyl groups is 1. The van der Waals surface area contributed by atoms with Crippen LogP contribution in [0.15, 0.2) is 48.7 Å². The van der Waals surface area contributed by atoms with Gasteiger partial charge in [0.1, 0.15) is 11.5 Å². The molecule has 0 aliphatic rings. The summed E-state index contributed by atoms with van der Waals surface area (Å²) in [6, 6.07) is 10.9. The lowest BCUT2D eigenvalue weighted by Crippen LogP contribution is -2.14. The Kier molecular flexibility index (Phi) is 5.25. The Morgan fingerprint density at radius 1 is 1.15 bits per heavy atom. The molecule has 3 aromatic rings. The zero-order valence-corrected chi connectivity index (χ0v) is 14.4. The van der Waals surface area contributed by atoms with Crippen LogP contribution in [0.5, 0.6) is 0 Å². The highest BCUT2D eigenvalue weighted by atomic mass is 35.5. The second kappa shape index (κ2) is 7.59. The fourth-order valence-corrected chi connectivity index (χ4v) is 2.84. The van der Waals surface area contributed by atoms with Crippen LogP contribution in [0.2, 0.25) is 5.02 Å². The summed E-state index contributed by atoms with van der Waals surface area (Å²) in [4.78, 5) is 20.2. The Bertz CT molecular complexity index is 941. The van der Waals surface area contributed by atoms with Crippen LogP contribution in [0.25, 0.3) is 11.4 Å². The number of nitrogens with two attached hydrogens (primary N) is 1. The molecule has 2 aromatic heterocycles. The maximum absolute atomic E-state index is 13.4. The van der Waals surface area contributed by atoms with Crippen molar-refractivity contribution < 1.29 is 14.3 Å². The van der Waals surface area contributed by atoms with Gasteiger partial charge in [0.15, 0.2) is 0 Å². The van der Waals surface area contributed by atoms with Crippen molar-refractivity contribution in [2.75, 3.05) is 0 Å². The minimum absolute atomic E-state index is 0.222. The van der Waals surface area contributed by atoms with E-state index in [1.165, 1.54) is 24.3 Å². The van der Waals surface area contributed by atoms with Crippen molar-refractivity contribution in [3.05, 3.63) is 81.9 Å². The van der Waals surface area contributed by atoms with Gasteiger partial charge in [0, 0.05) is 11.2 Å². The summed E-state index contributed by atoms with van der Waals surface area (Å²) in [5.74, 6) is -1.02. The maximum atomic E-state index is 13.4. The molecule has 0 aliphatic carbocycles. The number of primary amides is 1. The lowest BCUT2D eigenvalue weighted by Gasteiger charge is -2.08. The number of carbonyl (C=O) groups excluding carboxylic acids is 1. The predicted molar refractivity (Wildman–Crippen MR) is 96.1 cm³/mol. The van der Waals surface area contributed by atoms with E-state index in [1.807, 2.05) is 0 Å². The summed E-state index contributed by atoms with van der Waals surface area (Å²) in [6.45, 7) is -0.259. The molecule has 0 fully saturated rings. The number of benzene rings is 1. The lowest BCUT2D eigenvalue weighted by atomic mass is 10.0. The highest BCUT2D eigenvalue weighted by Crippen LogP contribution is 2.22. The molecule has 1 aromatic carbocycles. The van der Waals surface area contributed by atoms with Gasteiger partial charge in [-0.05, 0) is 53.9 Å². The molecule has 3 N–H and O–H groups in total. The molecule has 0 atom stereocenters. The topological polar surface area (TPSA) is 89.1 Å². The number of amides is 1. The highest BCUT2D eigenvalue weighted by Gasteiger charge is 2.14. The molecule has 0 bridgehead atoms. The average molecular weight is 372 g/mol. The SMILES string of the molecule is NC(=O)c1ccc(CO)nc1-c1ccc(Cc2cc(F)cc(Cl)c2)cn1. The molecule has 0 saturated heterocycles. The number of hydrogen-bond acceptors (Lipinski definition) is 4. The van der Waals surface area contributed by atoms with Crippen LogP contribution < -0.4 is 5.73 Å². The van der Waals surface area contributed by atoms with Gasteiger partial charge in [-0.25, -0.2) is 9.37 Å². The summed E-state index contributed by atoms with van der Waals surface area (Å²) in [5.41, 5.74) is 8.35. The van der Waals surface area contributed by atoms with Gasteiger partial charge >= 0.3 is 0 Å². The molecule has 0 radical (unpaired) electrons. The second-order valence-electron chi connectivity index (χ2n) is 5.73. The van der Waals surface area contributed by atoms with E-state index >= 15 is 0 Å². The van der Waals surface area contributed by atoms with E-state index in [0.29, 0.717) is 28.5 Å². The van der Waals surface area contributed by atoms with E-state index in [1.54, 1.807) is 24.4 Å². The van der Waals surface area contributed by atoms with Crippen LogP contribution in [0.4, 0.5) is 4.39 Å². The number of halogens is 2. The number of aromatic nitrogens is 2. The Morgan fingerprint density at radius 3 is 2.58 bits per heavy atom. The van der Waals surface area contributed by atoms with E-state index in [-0.39, 0.29) is 12.2 Å². The fraction of sp³-hybridized carbons (Fsp3) is 0.105. The maximum Gasteiger partial charge on any atom is 0.250 e. The summed E-state index contributed by atoms with van der Waals surface area (Å²) >= 11 is 5.87. The molecular weight excluding hydrogens is 357 g/mol. The van der Waals surface area contributed by atoms with Crippen molar-refractivity contribution in [2.45, 2.75) is 13.0 Å². The molecule has 26 heavy (non-hydrogen) atoms. The van der Waals surface area contributed by atoms with Gasteiger partial charge in [0.05, 0.1) is 23.6 Å². The second-order valence-corrected chi connectivity index (χ2v) is 6.16. The van der Waals surface area contributed by atoms with Crippen LogP contribution in [-0.2, 0) is 13.0 Å². The van der Waals surface area contributed by atoms with Crippen LogP contribution in [0.1, 0.15) is 27.2 Å². The molecule has 3 rings (SSSR count). The van der Waals surface area contributed by atoms with Crippen molar-refractivity contribution in [3.8, 4) is 11.4 Å². The molecule has 0 unspecified atom stereocenters. The van der Waals surface area contributed by atoms with E-state index in [4.69, 9.17) is 17.3 Å². The van der Waals surface area contributed by atoms with Crippen molar-refractivity contribution in [3.63, 3.8) is 0 Å². The highest BCUT2D eigenvalue weighted by molar-refractivity contribution is 6.30. The molecule has 0 spiro atoms. The monoisotopic (exact) mass is 371 g/mol. The van der Waals surface area contributed by atoms with Gasteiger partial charge in [-0.2, -0.15) is 0 Å². The predicted octanol–water partition coefficient (Wildman–Crippen LogP) is 3.12. The van der Waals surface area contributed by atoms with Crippen LogP contribution >= 0.6 is 11.6 Å². The van der Waals surface area contributed by atoms with E-state index < -0.39 is 11.7 Å². The van der Waals surface area contributed by atoms with Crippen molar-refractivity contribution in [2.24, 2.45) is 5.73 Å². The zero-order valence-electron chi connectivity index (χ0n) is 13.6. The number of hydrogen-bond donors (Lipinski definition) is 2. The lowest BCUT2D eigenvalue weighted by molar-refractivity contribution is 0.100. The number of pyridine rings is 2. The van der Waals surface area contributed by atoms with Gasteiger partial charge in [-0.3, -0.25) is 9.78 Å². The van der Waals surface area contributed by atoms with Gasteiger partial charge in [-0.1, -0.05) is 17.7 Å². The Morgan fingerprint density at radius 2 is 1.96 bits per heavy atom. The third-order valence-corrected chi connectivity index (χ3v) is 4.00. The third kappa shape index (κ3) is 4.04. The number of aliphatic hydroxyl groups excluding tert-OH is 1. The molecule has 0 aliphatic heterocycles. The summed E-state index contributed by atoms with van der Waals surface area (Å²) < 4.78 is 13.4. The Labute approximate surface area is 154 Å². The normalized spacial score (nSPS) is 10.7. The van der Waals surface area contributed by atoms with Crippen LogP contribution in [0, 0.1) is 5.82 Å². The number of rotatable bonds is 5. The summed E-state index contributed by atoms with van der Waals surface area (Å²) in [7, 11) is 0. The first-order chi connectivity index (χ1) is 12.5. The average Bonchev–Trinajstić information content (AvgIpc) is 2.61. The third-order valence-electron chi connectivity index (χ3n) is 3.78. The smallest absolute Gasteiger partial charge is 0.250 e. The molecular formula is C19H15ClFN3O2. The van der Waals surface area contributed by atoms with Crippen LogP contribution in [-0.4, -0.2) is 21.0 Å². The number of carbonyl (C=O) groups is 1. The Balaban J connectivity index is 1.91. The van der Waals surface area contributed by atoms with Crippen LogP contribution in [0.3, 0.4) is 0 Å². The van der Waals surface area contributed by atoms with Gasteiger partial charge < -0.3 is 10.8 Å². The van der Waals surface area contributed by atoms with E-state index in [9.17, 15) is 14.3 Å². The molecule has 0 saturated carbocycles. The first kappa shape index (κ1) is 18.0. The van der Waals surface area contributed by atoms with Gasteiger partial charge in [0.25, 0.3) is 5.91 Å². The standard InChI is InChI=1S/C19H15ClFN3O2/c20-13-6-12(7-14(21)8-13)5-11-1-4-17(23-9-11)18-16(19(22)26)3-2-15(10-25)24-18/h1-4,6-9,25H,5,10H2,(H2,22,26). The molecule has 7 heteroatoms. The van der Waals surface area contributed by atoms with Gasteiger partial charge in [0.2, 0.25) is 0 Å². The quantitative estimate of drug-likeness (QED) is 0.721. The first-order valence-electron chi connectivity index (χ1n) is 7.77. The fourth-order valence-electron chi connectivity index (χ4n) is 2.60. The van der Waals surface area contributed by atoms with E-state index in [0.717, 1.165) is 11.1 Å². The Hall–Kier alpha value is -2.83. The van der Waals surface area contributed by atoms with Gasteiger partial charge in [-0.15, -0.1) is 0 Å². The van der Waals surface area contributed by atoms with Crippen molar-refractivity contribution >= 4 is 17.5 Å². The molecule has 1 amide bonds. The minimum Gasteiger partial charge on any atom is -0.390 e. The minimum atomic E-state index is -0.628. The largest absolute Gasteiger partial charge is 0.390 e. The first-order valence-corrected chi connectivity index (χ1v) is 8.15. The molecule has 5 nitrogen and oxygen atoms in total. The summed E-state index contributed by atoms with van der Waals surface area (Å²) in [6.07, 6.45) is 2.07. The van der Waals surface area contributed by atoms with Crippen molar-refractivity contribution in [1.82, 2.24) is 9.97 Å². The molecule has 132 valence electrons.